The first-order valence-corrected chi connectivity index (χ1v) is 5.91. The molecule has 1 aromatic rings. The van der Waals surface area contributed by atoms with Gasteiger partial charge in [0.2, 0.25) is 0 Å². The zero-order valence-corrected chi connectivity index (χ0v) is 10.5. The summed E-state index contributed by atoms with van der Waals surface area (Å²) >= 11 is 6.15. The molecule has 1 atom stereocenters. The molecule has 2 heteroatoms. The lowest BCUT2D eigenvalue weighted by molar-refractivity contribution is 0.370. The van der Waals surface area contributed by atoms with E-state index in [2.05, 4.69) is 31.3 Å². The maximum absolute atomic E-state index is 6.15. The van der Waals surface area contributed by atoms with Crippen LogP contribution >= 0.6 is 11.6 Å². The first kappa shape index (κ1) is 12.5. The third-order valence-corrected chi connectivity index (χ3v) is 3.22. The molecule has 0 fully saturated rings. The van der Waals surface area contributed by atoms with Crippen LogP contribution in [0.1, 0.15) is 19.4 Å². The van der Waals surface area contributed by atoms with E-state index in [4.69, 9.17) is 11.6 Å². The molecule has 0 aliphatic carbocycles. The van der Waals surface area contributed by atoms with Crippen molar-refractivity contribution in [2.45, 2.75) is 20.3 Å². The summed E-state index contributed by atoms with van der Waals surface area (Å²) in [6.07, 6.45) is 1.05. The van der Waals surface area contributed by atoms with E-state index < -0.39 is 0 Å². The minimum atomic E-state index is 0.648. The van der Waals surface area contributed by atoms with Crippen LogP contribution < -0.4 is 5.32 Å². The third-order valence-electron chi connectivity index (χ3n) is 2.85. The van der Waals surface area contributed by atoms with Crippen molar-refractivity contribution in [3.63, 3.8) is 0 Å². The summed E-state index contributed by atoms with van der Waals surface area (Å²) in [5.41, 5.74) is 1.26. The van der Waals surface area contributed by atoms with Crippen molar-refractivity contribution in [1.29, 1.82) is 0 Å². The lowest BCUT2D eigenvalue weighted by Gasteiger charge is -2.21. The molecule has 0 heterocycles. The van der Waals surface area contributed by atoms with Crippen molar-refractivity contribution in [3.8, 4) is 0 Å². The number of nitrogens with one attached hydrogen (secondary N) is 1. The molecular weight excluding hydrogens is 206 g/mol. The highest BCUT2D eigenvalue weighted by molar-refractivity contribution is 6.31. The summed E-state index contributed by atoms with van der Waals surface area (Å²) in [6, 6.07) is 8.12. The van der Waals surface area contributed by atoms with Crippen molar-refractivity contribution >= 4 is 11.6 Å². The summed E-state index contributed by atoms with van der Waals surface area (Å²) < 4.78 is 0. The van der Waals surface area contributed by atoms with Crippen LogP contribution in [-0.4, -0.2) is 13.6 Å². The molecule has 0 spiro atoms. The standard InChI is InChI=1S/C13H20ClN/c1-10(2)12(9-15-3)8-11-6-4-5-7-13(11)14/h4-7,10,12,15H,8-9H2,1-3H3. The summed E-state index contributed by atoms with van der Waals surface area (Å²) in [5, 5.41) is 4.13. The molecule has 84 valence electrons. The van der Waals surface area contributed by atoms with Gasteiger partial charge in [-0.1, -0.05) is 43.6 Å². The maximum Gasteiger partial charge on any atom is 0.0438 e. The molecule has 1 unspecified atom stereocenters. The van der Waals surface area contributed by atoms with Gasteiger partial charge in [0.05, 0.1) is 0 Å². The molecule has 0 saturated carbocycles. The van der Waals surface area contributed by atoms with Crippen molar-refractivity contribution in [1.82, 2.24) is 5.32 Å². The molecule has 1 rings (SSSR count). The summed E-state index contributed by atoms with van der Waals surface area (Å²) in [7, 11) is 2.00. The van der Waals surface area contributed by atoms with Gasteiger partial charge in [-0.3, -0.25) is 0 Å². The first-order valence-electron chi connectivity index (χ1n) is 5.53. The Morgan fingerprint density at radius 1 is 1.27 bits per heavy atom. The third kappa shape index (κ3) is 3.84. The fraction of sp³-hybridized carbons (Fsp3) is 0.538. The molecule has 0 amide bonds. The predicted molar refractivity (Wildman–Crippen MR) is 67.4 cm³/mol. The van der Waals surface area contributed by atoms with Gasteiger partial charge in [0.1, 0.15) is 0 Å². The van der Waals surface area contributed by atoms with Crippen molar-refractivity contribution < 1.29 is 0 Å². The van der Waals surface area contributed by atoms with Gasteiger partial charge in [-0.05, 0) is 43.5 Å². The smallest absolute Gasteiger partial charge is 0.0438 e. The van der Waals surface area contributed by atoms with E-state index in [-0.39, 0.29) is 0 Å². The molecule has 0 radical (unpaired) electrons. The average Bonchev–Trinajstić information content (AvgIpc) is 2.20. The van der Waals surface area contributed by atoms with Crippen molar-refractivity contribution in [2.75, 3.05) is 13.6 Å². The van der Waals surface area contributed by atoms with Crippen LogP contribution in [0.15, 0.2) is 24.3 Å². The minimum absolute atomic E-state index is 0.648. The van der Waals surface area contributed by atoms with Gasteiger partial charge < -0.3 is 5.32 Å². The Bertz CT molecular complexity index is 296. The van der Waals surface area contributed by atoms with Crippen LogP contribution in [0.4, 0.5) is 0 Å². The van der Waals surface area contributed by atoms with E-state index in [1.54, 1.807) is 0 Å². The molecule has 1 aromatic carbocycles. The van der Waals surface area contributed by atoms with Crippen LogP contribution in [0.2, 0.25) is 5.02 Å². The molecule has 0 aliphatic heterocycles. The highest BCUT2D eigenvalue weighted by atomic mass is 35.5. The Kier molecular flexibility index (Phi) is 5.13. The molecule has 0 aliphatic rings. The second-order valence-electron chi connectivity index (χ2n) is 4.36. The van der Waals surface area contributed by atoms with Crippen LogP contribution in [0.3, 0.4) is 0 Å². The Hall–Kier alpha value is -0.530. The molecule has 15 heavy (non-hydrogen) atoms. The number of hydrogen-bond donors (Lipinski definition) is 1. The molecule has 0 bridgehead atoms. The fourth-order valence-electron chi connectivity index (χ4n) is 1.75. The van der Waals surface area contributed by atoms with Crippen molar-refractivity contribution in [3.05, 3.63) is 34.9 Å². The lowest BCUT2D eigenvalue weighted by Crippen LogP contribution is -2.25. The van der Waals surface area contributed by atoms with Gasteiger partial charge in [0.15, 0.2) is 0 Å². The monoisotopic (exact) mass is 225 g/mol. The van der Waals surface area contributed by atoms with Crippen LogP contribution in [0.5, 0.6) is 0 Å². The largest absolute Gasteiger partial charge is 0.319 e. The van der Waals surface area contributed by atoms with Gasteiger partial charge in [0, 0.05) is 5.02 Å². The van der Waals surface area contributed by atoms with E-state index in [0.29, 0.717) is 11.8 Å². The van der Waals surface area contributed by atoms with Gasteiger partial charge >= 0.3 is 0 Å². The van der Waals surface area contributed by atoms with E-state index in [1.165, 1.54) is 5.56 Å². The number of rotatable bonds is 5. The van der Waals surface area contributed by atoms with E-state index >= 15 is 0 Å². The van der Waals surface area contributed by atoms with Gasteiger partial charge in [-0.25, -0.2) is 0 Å². The van der Waals surface area contributed by atoms with Gasteiger partial charge in [-0.15, -0.1) is 0 Å². The van der Waals surface area contributed by atoms with Crippen LogP contribution in [0, 0.1) is 11.8 Å². The van der Waals surface area contributed by atoms with Crippen molar-refractivity contribution in [2.24, 2.45) is 11.8 Å². The minimum Gasteiger partial charge on any atom is -0.319 e. The highest BCUT2D eigenvalue weighted by Gasteiger charge is 2.14. The topological polar surface area (TPSA) is 12.0 Å². The summed E-state index contributed by atoms with van der Waals surface area (Å²) in [6.45, 7) is 5.57. The fourth-order valence-corrected chi connectivity index (χ4v) is 1.97. The normalized spacial score (nSPS) is 13.1. The number of halogens is 1. The summed E-state index contributed by atoms with van der Waals surface area (Å²) in [5.74, 6) is 1.32. The molecule has 0 saturated heterocycles. The molecule has 1 N–H and O–H groups in total. The lowest BCUT2D eigenvalue weighted by atomic mass is 9.89. The zero-order valence-electron chi connectivity index (χ0n) is 9.76. The molecule has 0 aromatic heterocycles. The highest BCUT2D eigenvalue weighted by Crippen LogP contribution is 2.22. The van der Waals surface area contributed by atoms with Crippen LogP contribution in [0.25, 0.3) is 0 Å². The average molecular weight is 226 g/mol. The van der Waals surface area contributed by atoms with Gasteiger partial charge in [-0.2, -0.15) is 0 Å². The number of hydrogen-bond acceptors (Lipinski definition) is 1. The Labute approximate surface area is 97.8 Å². The Morgan fingerprint density at radius 3 is 2.47 bits per heavy atom. The molecular formula is C13H20ClN. The predicted octanol–water partition coefficient (Wildman–Crippen LogP) is 3.37. The van der Waals surface area contributed by atoms with Gasteiger partial charge in [0.25, 0.3) is 0 Å². The maximum atomic E-state index is 6.15. The second kappa shape index (κ2) is 6.14. The SMILES string of the molecule is CNCC(Cc1ccccc1Cl)C(C)C. The summed E-state index contributed by atoms with van der Waals surface area (Å²) in [4.78, 5) is 0. The zero-order chi connectivity index (χ0) is 11.3. The van der Waals surface area contributed by atoms with E-state index in [0.717, 1.165) is 18.0 Å². The molecule has 1 nitrogen and oxygen atoms in total. The van der Waals surface area contributed by atoms with E-state index in [1.807, 2.05) is 19.2 Å². The Balaban J connectivity index is 2.69. The van der Waals surface area contributed by atoms with E-state index in [9.17, 15) is 0 Å². The first-order chi connectivity index (χ1) is 7.15. The number of benzene rings is 1. The Morgan fingerprint density at radius 2 is 1.93 bits per heavy atom. The second-order valence-corrected chi connectivity index (χ2v) is 4.76. The van der Waals surface area contributed by atoms with Crippen LogP contribution in [-0.2, 0) is 6.42 Å². The quantitative estimate of drug-likeness (QED) is 0.810.